The molecule has 4 aromatic rings. The van der Waals surface area contributed by atoms with E-state index in [0.29, 0.717) is 10.8 Å². The fourth-order valence-corrected chi connectivity index (χ4v) is 2.93. The van der Waals surface area contributed by atoms with Gasteiger partial charge in [0.25, 0.3) is 0 Å². The lowest BCUT2D eigenvalue weighted by Gasteiger charge is -2.12. The molecule has 128 valence electrons. The predicted octanol–water partition coefficient (Wildman–Crippen LogP) is 5.03. The average molecular weight is 352 g/mol. The van der Waals surface area contributed by atoms with Crippen LogP contribution in [0.4, 0.5) is 13.2 Å². The highest BCUT2D eigenvalue weighted by Gasteiger charge is 2.34. The molecule has 2 heterocycles. The minimum absolute atomic E-state index is 0.0632. The number of fused-ring (bicyclic) bond motifs is 3. The Bertz CT molecular complexity index is 1140. The van der Waals surface area contributed by atoms with Crippen LogP contribution in [0.2, 0.25) is 0 Å². The van der Waals surface area contributed by atoms with Gasteiger partial charge in [0, 0.05) is 22.5 Å². The lowest BCUT2D eigenvalue weighted by molar-refractivity contribution is -0.140. The van der Waals surface area contributed by atoms with Crippen molar-refractivity contribution in [2.75, 3.05) is 0 Å². The van der Waals surface area contributed by atoms with Crippen LogP contribution >= 0.6 is 0 Å². The third-order valence-corrected chi connectivity index (χ3v) is 4.14. The zero-order valence-corrected chi connectivity index (χ0v) is 13.3. The van der Waals surface area contributed by atoms with Crippen LogP contribution in [0.15, 0.2) is 66.9 Å². The average Bonchev–Trinajstić information content (AvgIpc) is 2.66. The monoisotopic (exact) mass is 352 g/mol. The molecule has 0 atom stereocenters. The van der Waals surface area contributed by atoms with E-state index in [4.69, 9.17) is 0 Å². The van der Waals surface area contributed by atoms with Crippen LogP contribution in [0.25, 0.3) is 21.7 Å². The fourth-order valence-electron chi connectivity index (χ4n) is 2.93. The molecule has 4 rings (SSSR count). The van der Waals surface area contributed by atoms with E-state index in [1.165, 1.54) is 12.3 Å². The molecular weight excluding hydrogens is 341 g/mol. The highest BCUT2D eigenvalue weighted by Crippen LogP contribution is 2.34. The third-order valence-electron chi connectivity index (χ3n) is 4.14. The molecule has 0 radical (unpaired) electrons. The maximum atomic E-state index is 13.4. The van der Waals surface area contributed by atoms with Crippen molar-refractivity contribution in [3.8, 4) is 0 Å². The number of carbonyl (C=O) groups excluding carboxylic acids is 1. The summed E-state index contributed by atoms with van der Waals surface area (Å²) in [6.07, 6.45) is -3.24. The van der Waals surface area contributed by atoms with Crippen molar-refractivity contribution in [2.45, 2.75) is 6.18 Å². The highest BCUT2D eigenvalue weighted by atomic mass is 19.4. The van der Waals surface area contributed by atoms with Gasteiger partial charge < -0.3 is 0 Å². The number of hydrogen-bond donors (Lipinski definition) is 0. The van der Waals surface area contributed by atoms with Crippen molar-refractivity contribution >= 4 is 27.5 Å². The molecule has 2 aromatic heterocycles. The molecule has 0 aliphatic carbocycles. The van der Waals surface area contributed by atoms with Crippen molar-refractivity contribution in [3.05, 3.63) is 83.8 Å². The van der Waals surface area contributed by atoms with Crippen LogP contribution in [0, 0.1) is 0 Å². The summed E-state index contributed by atoms with van der Waals surface area (Å²) in [6.45, 7) is 0. The molecule has 0 aliphatic heterocycles. The predicted molar refractivity (Wildman–Crippen MR) is 91.9 cm³/mol. The van der Waals surface area contributed by atoms with Crippen molar-refractivity contribution in [1.29, 1.82) is 0 Å². The molecule has 26 heavy (non-hydrogen) atoms. The Morgan fingerprint density at radius 1 is 0.885 bits per heavy atom. The van der Waals surface area contributed by atoms with E-state index in [1.807, 2.05) is 0 Å². The van der Waals surface area contributed by atoms with Crippen LogP contribution in [0.3, 0.4) is 0 Å². The van der Waals surface area contributed by atoms with Crippen LogP contribution in [0.1, 0.15) is 21.7 Å². The number of halogens is 3. The summed E-state index contributed by atoms with van der Waals surface area (Å²) in [5.41, 5.74) is -0.925. The van der Waals surface area contributed by atoms with Gasteiger partial charge in [0.2, 0.25) is 5.78 Å². The number of hydrogen-bond acceptors (Lipinski definition) is 3. The number of nitrogens with zero attached hydrogens (tertiary/aromatic N) is 2. The fraction of sp³-hybridized carbons (Fsp3) is 0.0500. The van der Waals surface area contributed by atoms with Crippen LogP contribution in [-0.2, 0) is 6.18 Å². The Balaban J connectivity index is 2.08. The zero-order valence-electron chi connectivity index (χ0n) is 13.3. The van der Waals surface area contributed by atoms with Gasteiger partial charge in [0.05, 0.1) is 5.52 Å². The molecule has 0 N–H and O–H groups in total. The Labute approximate surface area is 146 Å². The maximum Gasteiger partial charge on any atom is 0.433 e. The van der Waals surface area contributed by atoms with Crippen LogP contribution in [-0.4, -0.2) is 15.8 Å². The number of carbonyl (C=O) groups is 1. The largest absolute Gasteiger partial charge is 0.433 e. The Morgan fingerprint density at radius 3 is 2.38 bits per heavy atom. The SMILES string of the molecule is O=C(c1ccccn1)c1cc(C(F)(F)F)nc2c1ccc1ccccc12. The molecule has 0 saturated carbocycles. The molecular formula is C20H11F3N2O. The summed E-state index contributed by atoms with van der Waals surface area (Å²) in [5, 5.41) is 1.68. The number of pyridine rings is 2. The summed E-state index contributed by atoms with van der Waals surface area (Å²) in [6, 6.07) is 15.9. The molecule has 3 nitrogen and oxygen atoms in total. The van der Waals surface area contributed by atoms with Gasteiger partial charge in [-0.25, -0.2) is 4.98 Å². The van der Waals surface area contributed by atoms with Crippen molar-refractivity contribution < 1.29 is 18.0 Å². The van der Waals surface area contributed by atoms with E-state index in [0.717, 1.165) is 11.5 Å². The molecule has 0 spiro atoms. The van der Waals surface area contributed by atoms with E-state index in [2.05, 4.69) is 9.97 Å². The molecule has 2 aromatic carbocycles. The Kier molecular flexibility index (Phi) is 3.68. The van der Waals surface area contributed by atoms with Crippen molar-refractivity contribution in [2.24, 2.45) is 0 Å². The summed E-state index contributed by atoms with van der Waals surface area (Å²) in [4.78, 5) is 20.6. The Morgan fingerprint density at radius 2 is 1.65 bits per heavy atom. The number of alkyl halides is 3. The van der Waals surface area contributed by atoms with E-state index >= 15 is 0 Å². The molecule has 0 amide bonds. The standard InChI is InChI=1S/C20H11F3N2O/c21-20(22,23)17-11-15(19(26)16-7-3-4-10-24-16)14-9-8-12-5-1-2-6-13(12)18(14)25-17/h1-11H. The van der Waals surface area contributed by atoms with Crippen molar-refractivity contribution in [3.63, 3.8) is 0 Å². The number of ketones is 1. The minimum Gasteiger partial charge on any atom is -0.287 e. The van der Waals surface area contributed by atoms with Gasteiger partial charge >= 0.3 is 6.18 Å². The molecule has 0 aliphatic rings. The van der Waals surface area contributed by atoms with Crippen LogP contribution in [0.5, 0.6) is 0 Å². The number of rotatable bonds is 2. The molecule has 0 fully saturated rings. The smallest absolute Gasteiger partial charge is 0.287 e. The second-order valence-corrected chi connectivity index (χ2v) is 5.78. The first-order valence-corrected chi connectivity index (χ1v) is 7.80. The van der Waals surface area contributed by atoms with Crippen LogP contribution < -0.4 is 0 Å². The second-order valence-electron chi connectivity index (χ2n) is 5.78. The van der Waals surface area contributed by atoms with Gasteiger partial charge in [-0.3, -0.25) is 9.78 Å². The van der Waals surface area contributed by atoms with Gasteiger partial charge in [-0.1, -0.05) is 42.5 Å². The minimum atomic E-state index is -4.66. The van der Waals surface area contributed by atoms with E-state index in [9.17, 15) is 18.0 Å². The highest BCUT2D eigenvalue weighted by molar-refractivity contribution is 6.18. The first-order valence-electron chi connectivity index (χ1n) is 7.80. The molecule has 6 heteroatoms. The topological polar surface area (TPSA) is 42.9 Å². The maximum absolute atomic E-state index is 13.4. The lowest BCUT2D eigenvalue weighted by atomic mass is 9.98. The zero-order chi connectivity index (χ0) is 18.3. The molecule has 0 unspecified atom stereocenters. The van der Waals surface area contributed by atoms with E-state index in [-0.39, 0.29) is 16.8 Å². The first-order chi connectivity index (χ1) is 12.4. The normalized spacial score (nSPS) is 11.8. The Hall–Kier alpha value is -3.28. The van der Waals surface area contributed by atoms with Gasteiger partial charge in [-0.05, 0) is 23.6 Å². The van der Waals surface area contributed by atoms with Gasteiger partial charge in [0.1, 0.15) is 11.4 Å². The summed E-state index contributed by atoms with van der Waals surface area (Å²) in [5.74, 6) is -0.571. The molecule has 0 saturated heterocycles. The summed E-state index contributed by atoms with van der Waals surface area (Å²) < 4.78 is 40.1. The first kappa shape index (κ1) is 16.2. The van der Waals surface area contributed by atoms with Gasteiger partial charge in [-0.15, -0.1) is 0 Å². The van der Waals surface area contributed by atoms with E-state index < -0.39 is 17.7 Å². The van der Waals surface area contributed by atoms with Gasteiger partial charge in [-0.2, -0.15) is 13.2 Å². The van der Waals surface area contributed by atoms with Gasteiger partial charge in [0.15, 0.2) is 0 Å². The lowest BCUT2D eigenvalue weighted by Crippen LogP contribution is -2.12. The second kappa shape index (κ2) is 5.91. The summed E-state index contributed by atoms with van der Waals surface area (Å²) >= 11 is 0. The van der Waals surface area contributed by atoms with Crippen molar-refractivity contribution in [1.82, 2.24) is 9.97 Å². The molecule has 0 bridgehead atoms. The van der Waals surface area contributed by atoms with E-state index in [1.54, 1.807) is 48.5 Å². The quantitative estimate of drug-likeness (QED) is 0.375. The summed E-state index contributed by atoms with van der Waals surface area (Å²) in [7, 11) is 0. The third kappa shape index (κ3) is 2.69. The number of benzene rings is 2. The number of aromatic nitrogens is 2.